The molecule has 1 aromatic carbocycles. The van der Waals surface area contributed by atoms with Gasteiger partial charge in [-0.3, -0.25) is 9.59 Å². The molecule has 0 aliphatic rings. The summed E-state index contributed by atoms with van der Waals surface area (Å²) in [7, 11) is 0. The van der Waals surface area contributed by atoms with Crippen LogP contribution in [0.1, 0.15) is 28.2 Å². The number of nitrogens with two attached hydrogens (primary N) is 1. The zero-order valence-electron chi connectivity index (χ0n) is 12.2. The van der Waals surface area contributed by atoms with Gasteiger partial charge in [-0.1, -0.05) is 29.3 Å². The molecule has 0 fully saturated rings. The lowest BCUT2D eigenvalue weighted by atomic mass is 10.1. The molecule has 0 aliphatic carbocycles. The van der Waals surface area contributed by atoms with Gasteiger partial charge in [0.2, 0.25) is 0 Å². The Morgan fingerprint density at radius 3 is 2.61 bits per heavy atom. The molecule has 6 nitrogen and oxygen atoms in total. The van der Waals surface area contributed by atoms with Crippen LogP contribution < -0.4 is 16.6 Å². The highest BCUT2D eigenvalue weighted by atomic mass is 35.5. The van der Waals surface area contributed by atoms with Crippen LogP contribution in [0.3, 0.4) is 0 Å². The van der Waals surface area contributed by atoms with Crippen molar-refractivity contribution in [3.8, 4) is 0 Å². The zero-order valence-corrected chi connectivity index (χ0v) is 13.7. The lowest BCUT2D eigenvalue weighted by Gasteiger charge is -2.07. The summed E-state index contributed by atoms with van der Waals surface area (Å²) in [6, 6.07) is 5.15. The average Bonchev–Trinajstić information content (AvgIpc) is 2.51. The number of halogens is 2. The van der Waals surface area contributed by atoms with E-state index in [2.05, 4.69) is 15.3 Å². The van der Waals surface area contributed by atoms with Crippen molar-refractivity contribution in [3.63, 3.8) is 0 Å². The van der Waals surface area contributed by atoms with E-state index in [-0.39, 0.29) is 12.0 Å². The lowest BCUT2D eigenvalue weighted by Crippen LogP contribution is -2.31. The van der Waals surface area contributed by atoms with Gasteiger partial charge in [-0.05, 0) is 30.7 Å². The first-order valence-electron chi connectivity index (χ1n) is 7.02. The zero-order chi connectivity index (χ0) is 16.8. The summed E-state index contributed by atoms with van der Waals surface area (Å²) in [6.45, 7) is 0.873. The van der Waals surface area contributed by atoms with E-state index in [4.69, 9.17) is 28.9 Å². The van der Waals surface area contributed by atoms with Crippen molar-refractivity contribution >= 4 is 29.1 Å². The van der Waals surface area contributed by atoms with Gasteiger partial charge in [0.1, 0.15) is 11.4 Å². The number of nitrogens with zero attached hydrogens (tertiary/aromatic N) is 1. The molecule has 4 N–H and O–H groups in total. The fourth-order valence-electron chi connectivity index (χ4n) is 1.95. The van der Waals surface area contributed by atoms with E-state index in [1.54, 1.807) is 18.2 Å². The molecule has 0 unspecified atom stereocenters. The Kier molecular flexibility index (Phi) is 6.15. The predicted molar refractivity (Wildman–Crippen MR) is 90.1 cm³/mol. The number of aromatic amines is 1. The van der Waals surface area contributed by atoms with Crippen molar-refractivity contribution in [1.82, 2.24) is 15.3 Å². The van der Waals surface area contributed by atoms with Crippen molar-refractivity contribution in [2.75, 3.05) is 13.1 Å². The summed E-state index contributed by atoms with van der Waals surface area (Å²) in [5, 5.41) is 3.59. The van der Waals surface area contributed by atoms with Gasteiger partial charge in [0.15, 0.2) is 0 Å². The van der Waals surface area contributed by atoms with E-state index in [0.29, 0.717) is 40.9 Å². The van der Waals surface area contributed by atoms with Gasteiger partial charge < -0.3 is 16.0 Å². The molecule has 2 aromatic rings. The van der Waals surface area contributed by atoms with Crippen molar-refractivity contribution in [2.24, 2.45) is 5.73 Å². The van der Waals surface area contributed by atoms with Gasteiger partial charge in [-0.25, -0.2) is 4.98 Å². The number of carbonyl (C=O) groups is 1. The van der Waals surface area contributed by atoms with Crippen molar-refractivity contribution in [2.45, 2.75) is 12.8 Å². The molecule has 122 valence electrons. The number of hydrogen-bond donors (Lipinski definition) is 3. The molecule has 0 bridgehead atoms. The molecule has 0 saturated heterocycles. The predicted octanol–water partition coefficient (Wildman–Crippen LogP) is 1.75. The molecule has 0 spiro atoms. The number of H-pyrrole nitrogens is 1. The summed E-state index contributed by atoms with van der Waals surface area (Å²) in [5.41, 5.74) is 5.46. The maximum absolute atomic E-state index is 12.0. The van der Waals surface area contributed by atoms with Crippen molar-refractivity contribution in [3.05, 3.63) is 61.7 Å². The van der Waals surface area contributed by atoms with E-state index in [9.17, 15) is 9.59 Å². The Hall–Kier alpha value is -1.89. The largest absolute Gasteiger partial charge is 0.352 e. The normalized spacial score (nSPS) is 10.6. The van der Waals surface area contributed by atoms with Gasteiger partial charge in [0.05, 0.1) is 0 Å². The first-order valence-corrected chi connectivity index (χ1v) is 7.78. The maximum Gasteiger partial charge on any atom is 0.263 e. The minimum absolute atomic E-state index is 0.0453. The maximum atomic E-state index is 12.0. The van der Waals surface area contributed by atoms with Crippen LogP contribution in [-0.2, 0) is 6.42 Å². The summed E-state index contributed by atoms with van der Waals surface area (Å²) in [4.78, 5) is 30.6. The average molecular weight is 355 g/mol. The van der Waals surface area contributed by atoms with E-state index < -0.39 is 11.5 Å². The molecular weight excluding hydrogens is 339 g/mol. The smallest absolute Gasteiger partial charge is 0.263 e. The second kappa shape index (κ2) is 8.10. The van der Waals surface area contributed by atoms with E-state index in [1.807, 2.05) is 0 Å². The molecule has 0 radical (unpaired) electrons. The number of rotatable bonds is 6. The van der Waals surface area contributed by atoms with Crippen molar-refractivity contribution < 1.29 is 4.79 Å². The Bertz CT molecular complexity index is 741. The SMILES string of the molecule is NCCCNC(=O)c1cnc(Cc2c(Cl)cccc2Cl)[nH]c1=O. The Labute approximate surface area is 143 Å². The van der Waals surface area contributed by atoms with Crippen LogP contribution in [0.4, 0.5) is 0 Å². The van der Waals surface area contributed by atoms with Crippen LogP contribution in [0.5, 0.6) is 0 Å². The highest BCUT2D eigenvalue weighted by molar-refractivity contribution is 6.36. The van der Waals surface area contributed by atoms with Gasteiger partial charge in [-0.2, -0.15) is 0 Å². The summed E-state index contributed by atoms with van der Waals surface area (Å²) >= 11 is 12.2. The van der Waals surface area contributed by atoms with Crippen molar-refractivity contribution in [1.29, 1.82) is 0 Å². The van der Waals surface area contributed by atoms with E-state index in [0.717, 1.165) is 0 Å². The number of amides is 1. The summed E-state index contributed by atoms with van der Waals surface area (Å²) in [5.74, 6) is -0.0990. The van der Waals surface area contributed by atoms with E-state index >= 15 is 0 Å². The molecule has 23 heavy (non-hydrogen) atoms. The molecule has 0 saturated carbocycles. The minimum Gasteiger partial charge on any atom is -0.352 e. The molecule has 1 amide bonds. The Morgan fingerprint density at radius 1 is 1.30 bits per heavy atom. The monoisotopic (exact) mass is 354 g/mol. The number of nitrogens with one attached hydrogen (secondary N) is 2. The lowest BCUT2D eigenvalue weighted by molar-refractivity contribution is 0.0951. The van der Waals surface area contributed by atoms with Crippen LogP contribution in [0, 0.1) is 0 Å². The summed E-state index contributed by atoms with van der Waals surface area (Å²) in [6.07, 6.45) is 2.15. The molecule has 1 aromatic heterocycles. The third-order valence-electron chi connectivity index (χ3n) is 3.17. The van der Waals surface area contributed by atoms with Gasteiger partial charge >= 0.3 is 0 Å². The number of benzene rings is 1. The third-order valence-corrected chi connectivity index (χ3v) is 3.88. The van der Waals surface area contributed by atoms with Gasteiger partial charge in [-0.15, -0.1) is 0 Å². The second-order valence-electron chi connectivity index (χ2n) is 4.85. The summed E-state index contributed by atoms with van der Waals surface area (Å²) < 4.78 is 0. The molecule has 1 heterocycles. The number of carbonyl (C=O) groups excluding carboxylic acids is 1. The fourth-order valence-corrected chi connectivity index (χ4v) is 2.48. The molecule has 8 heteroatoms. The van der Waals surface area contributed by atoms with Crippen LogP contribution in [-0.4, -0.2) is 29.0 Å². The second-order valence-corrected chi connectivity index (χ2v) is 5.66. The first-order chi connectivity index (χ1) is 11.0. The minimum atomic E-state index is -0.511. The topological polar surface area (TPSA) is 101 Å². The highest BCUT2D eigenvalue weighted by Gasteiger charge is 2.13. The van der Waals surface area contributed by atoms with Crippen LogP contribution in [0.15, 0.2) is 29.2 Å². The first kappa shape index (κ1) is 17.5. The van der Waals surface area contributed by atoms with Crippen LogP contribution in [0.25, 0.3) is 0 Å². The quantitative estimate of drug-likeness (QED) is 0.687. The standard InChI is InChI=1S/C15H16Cl2N4O2/c16-11-3-1-4-12(17)9(11)7-13-20-8-10(15(23)21-13)14(22)19-6-2-5-18/h1,3-4,8H,2,5-7,18H2,(H,19,22)(H,20,21,23). The molecular formula is C15H16Cl2N4O2. The Morgan fingerprint density at radius 2 is 2.00 bits per heavy atom. The van der Waals surface area contributed by atoms with Gasteiger partial charge in [0, 0.05) is 29.2 Å². The Balaban J connectivity index is 2.16. The molecule has 0 aliphatic heterocycles. The molecule has 0 atom stereocenters. The molecule has 2 rings (SSSR count). The van der Waals surface area contributed by atoms with Crippen LogP contribution in [0.2, 0.25) is 10.0 Å². The number of hydrogen-bond acceptors (Lipinski definition) is 4. The van der Waals surface area contributed by atoms with Crippen LogP contribution >= 0.6 is 23.2 Å². The number of aromatic nitrogens is 2. The third kappa shape index (κ3) is 4.54. The van der Waals surface area contributed by atoms with E-state index in [1.165, 1.54) is 6.20 Å². The fraction of sp³-hybridized carbons (Fsp3) is 0.267. The van der Waals surface area contributed by atoms with Gasteiger partial charge in [0.25, 0.3) is 11.5 Å². The highest BCUT2D eigenvalue weighted by Crippen LogP contribution is 2.25.